The smallest absolute Gasteiger partial charge is 0.234 e. The zero-order chi connectivity index (χ0) is 16.8. The molecule has 0 radical (unpaired) electrons. The third-order valence-corrected chi connectivity index (χ3v) is 3.17. The van der Waals surface area contributed by atoms with Gasteiger partial charge in [0.05, 0.1) is 13.1 Å². The maximum absolute atomic E-state index is 11.4. The number of carbonyl (C=O) groups excluding carboxylic acids is 2. The number of nitrogens with one attached hydrogen (secondary N) is 2. The van der Waals surface area contributed by atoms with Gasteiger partial charge in [0.15, 0.2) is 0 Å². The first kappa shape index (κ1) is 20.9. The van der Waals surface area contributed by atoms with Crippen LogP contribution in [0, 0.1) is 0 Å². The van der Waals surface area contributed by atoms with Crippen LogP contribution in [0.15, 0.2) is 0 Å². The molecule has 22 heavy (non-hydrogen) atoms. The number of carbonyl (C=O) groups is 2. The molecule has 0 aromatic carbocycles. The number of hydrogen-bond acceptors (Lipinski definition) is 4. The fraction of sp³-hybridized carbons (Fsp3) is 0.875. The van der Waals surface area contributed by atoms with Gasteiger partial charge in [-0.25, -0.2) is 0 Å². The summed E-state index contributed by atoms with van der Waals surface area (Å²) in [7, 11) is 7.57. The molecule has 0 aromatic heterocycles. The average Bonchev–Trinajstić information content (AvgIpc) is 2.39. The minimum atomic E-state index is 0.0958. The summed E-state index contributed by atoms with van der Waals surface area (Å²) in [6, 6.07) is 0. The van der Waals surface area contributed by atoms with Gasteiger partial charge >= 0.3 is 0 Å². The van der Waals surface area contributed by atoms with Crippen LogP contribution in [0.4, 0.5) is 0 Å². The van der Waals surface area contributed by atoms with Crippen LogP contribution in [0.5, 0.6) is 0 Å². The molecule has 2 amide bonds. The van der Waals surface area contributed by atoms with Crippen LogP contribution in [-0.2, 0) is 9.59 Å². The van der Waals surface area contributed by atoms with E-state index in [0.717, 1.165) is 38.8 Å². The summed E-state index contributed by atoms with van der Waals surface area (Å²) in [5, 5.41) is 5.84. The molecule has 0 fully saturated rings. The lowest BCUT2D eigenvalue weighted by Gasteiger charge is -2.10. The van der Waals surface area contributed by atoms with E-state index in [-0.39, 0.29) is 11.8 Å². The Labute approximate surface area is 135 Å². The normalized spacial score (nSPS) is 11.0. The van der Waals surface area contributed by atoms with Gasteiger partial charge in [-0.1, -0.05) is 25.7 Å². The van der Waals surface area contributed by atoms with Gasteiger partial charge in [0.2, 0.25) is 11.8 Å². The molecule has 6 nitrogen and oxygen atoms in total. The number of hydrogen-bond donors (Lipinski definition) is 2. The second kappa shape index (κ2) is 13.5. The summed E-state index contributed by atoms with van der Waals surface area (Å²) in [6.45, 7) is 2.46. The molecule has 130 valence electrons. The van der Waals surface area contributed by atoms with Gasteiger partial charge in [-0.2, -0.15) is 0 Å². The Morgan fingerprint density at radius 2 is 0.955 bits per heavy atom. The van der Waals surface area contributed by atoms with Crippen LogP contribution in [0.1, 0.15) is 38.5 Å². The Morgan fingerprint density at radius 1 is 0.636 bits per heavy atom. The molecule has 0 aliphatic rings. The quantitative estimate of drug-likeness (QED) is 0.491. The molecule has 0 atom stereocenters. The predicted molar refractivity (Wildman–Crippen MR) is 90.8 cm³/mol. The van der Waals surface area contributed by atoms with E-state index in [0.29, 0.717) is 13.1 Å². The Morgan fingerprint density at radius 3 is 1.27 bits per heavy atom. The Balaban J connectivity index is 3.24. The summed E-state index contributed by atoms with van der Waals surface area (Å²) in [5.41, 5.74) is 0. The summed E-state index contributed by atoms with van der Waals surface area (Å²) < 4.78 is 0. The highest BCUT2D eigenvalue weighted by molar-refractivity contribution is 5.78. The van der Waals surface area contributed by atoms with Crippen molar-refractivity contribution in [3.05, 3.63) is 0 Å². The van der Waals surface area contributed by atoms with Gasteiger partial charge in [0.25, 0.3) is 0 Å². The Hall–Kier alpha value is -1.14. The summed E-state index contributed by atoms with van der Waals surface area (Å²) in [5.74, 6) is 0.192. The summed E-state index contributed by atoms with van der Waals surface area (Å²) in [6.07, 6.45) is 6.76. The lowest BCUT2D eigenvalue weighted by molar-refractivity contribution is -0.122. The zero-order valence-electron chi connectivity index (χ0n) is 14.8. The molecule has 0 aliphatic carbocycles. The molecular formula is C16H34N4O2. The maximum atomic E-state index is 11.4. The second-order valence-electron chi connectivity index (χ2n) is 6.30. The molecule has 0 saturated heterocycles. The Bertz CT molecular complexity index is 277. The maximum Gasteiger partial charge on any atom is 0.234 e. The minimum absolute atomic E-state index is 0.0958. The van der Waals surface area contributed by atoms with Gasteiger partial charge in [0.1, 0.15) is 0 Å². The van der Waals surface area contributed by atoms with Gasteiger partial charge < -0.3 is 20.4 Å². The molecule has 0 heterocycles. The van der Waals surface area contributed by atoms with E-state index in [9.17, 15) is 9.59 Å². The highest BCUT2D eigenvalue weighted by atomic mass is 16.2. The fourth-order valence-electron chi connectivity index (χ4n) is 2.10. The van der Waals surface area contributed by atoms with Crippen LogP contribution in [0.2, 0.25) is 0 Å². The lowest BCUT2D eigenvalue weighted by atomic mass is 10.1. The van der Waals surface area contributed by atoms with Crippen molar-refractivity contribution in [1.82, 2.24) is 20.4 Å². The van der Waals surface area contributed by atoms with Crippen LogP contribution in [0.25, 0.3) is 0 Å². The van der Waals surface area contributed by atoms with Crippen LogP contribution in [0.3, 0.4) is 0 Å². The molecule has 6 heteroatoms. The Kier molecular flexibility index (Phi) is 12.8. The third-order valence-electron chi connectivity index (χ3n) is 3.17. The number of unbranched alkanes of at least 4 members (excludes halogenated alkanes) is 5. The number of rotatable bonds is 13. The standard InChI is InChI=1S/C16H34N4O2/c1-19(2)13-15(21)17-11-9-7-5-6-8-10-12-18-16(22)14-20(3)4/h5-14H2,1-4H3,(H,17,21)(H,18,22). The van der Waals surface area contributed by atoms with Crippen molar-refractivity contribution >= 4 is 11.8 Å². The van der Waals surface area contributed by atoms with E-state index < -0.39 is 0 Å². The van der Waals surface area contributed by atoms with Gasteiger partial charge in [-0.3, -0.25) is 9.59 Å². The van der Waals surface area contributed by atoms with E-state index in [1.807, 2.05) is 38.0 Å². The first-order valence-corrected chi connectivity index (χ1v) is 8.24. The number of nitrogens with zero attached hydrogens (tertiary/aromatic N) is 2. The van der Waals surface area contributed by atoms with Crippen molar-refractivity contribution in [3.8, 4) is 0 Å². The van der Waals surface area contributed by atoms with Crippen LogP contribution < -0.4 is 10.6 Å². The average molecular weight is 314 g/mol. The van der Waals surface area contributed by atoms with Crippen molar-refractivity contribution < 1.29 is 9.59 Å². The summed E-state index contributed by atoms with van der Waals surface area (Å²) >= 11 is 0. The van der Waals surface area contributed by atoms with E-state index in [2.05, 4.69) is 10.6 Å². The first-order valence-electron chi connectivity index (χ1n) is 8.24. The topological polar surface area (TPSA) is 64.7 Å². The van der Waals surface area contributed by atoms with Gasteiger partial charge in [0, 0.05) is 13.1 Å². The number of amides is 2. The van der Waals surface area contributed by atoms with E-state index in [1.54, 1.807) is 0 Å². The molecule has 0 aromatic rings. The van der Waals surface area contributed by atoms with E-state index >= 15 is 0 Å². The molecule has 0 spiro atoms. The largest absolute Gasteiger partial charge is 0.355 e. The SMILES string of the molecule is CN(C)CC(=O)NCCCCCCCCNC(=O)CN(C)C. The van der Waals surface area contributed by atoms with Crippen molar-refractivity contribution in [3.63, 3.8) is 0 Å². The monoisotopic (exact) mass is 314 g/mol. The third kappa shape index (κ3) is 15.3. The number of likely N-dealkylation sites (N-methyl/N-ethyl adjacent to an activating group) is 2. The van der Waals surface area contributed by atoms with Crippen molar-refractivity contribution in [2.75, 3.05) is 54.4 Å². The zero-order valence-corrected chi connectivity index (χ0v) is 14.8. The summed E-state index contributed by atoms with van der Waals surface area (Å²) in [4.78, 5) is 26.5. The molecule has 0 unspecified atom stereocenters. The predicted octanol–water partition coefficient (Wildman–Crippen LogP) is 0.683. The second-order valence-corrected chi connectivity index (χ2v) is 6.30. The first-order chi connectivity index (χ1) is 10.4. The minimum Gasteiger partial charge on any atom is -0.355 e. The van der Waals surface area contributed by atoms with Crippen molar-refractivity contribution in [2.45, 2.75) is 38.5 Å². The molecule has 0 rings (SSSR count). The van der Waals surface area contributed by atoms with Crippen LogP contribution >= 0.6 is 0 Å². The van der Waals surface area contributed by atoms with Crippen LogP contribution in [-0.4, -0.2) is 76.0 Å². The fourth-order valence-corrected chi connectivity index (χ4v) is 2.10. The molecule has 0 bridgehead atoms. The highest BCUT2D eigenvalue weighted by Gasteiger charge is 2.02. The van der Waals surface area contributed by atoms with E-state index in [4.69, 9.17) is 0 Å². The molecule has 2 N–H and O–H groups in total. The van der Waals surface area contributed by atoms with Crippen molar-refractivity contribution in [2.24, 2.45) is 0 Å². The molecular weight excluding hydrogens is 280 g/mol. The van der Waals surface area contributed by atoms with Crippen molar-refractivity contribution in [1.29, 1.82) is 0 Å². The van der Waals surface area contributed by atoms with Gasteiger partial charge in [-0.15, -0.1) is 0 Å². The lowest BCUT2D eigenvalue weighted by Crippen LogP contribution is -2.33. The molecule has 0 aliphatic heterocycles. The van der Waals surface area contributed by atoms with Gasteiger partial charge in [-0.05, 0) is 41.0 Å². The van der Waals surface area contributed by atoms with E-state index in [1.165, 1.54) is 12.8 Å². The molecule has 0 saturated carbocycles. The highest BCUT2D eigenvalue weighted by Crippen LogP contribution is 2.04.